The number of nitrogens with one attached hydrogen (secondary N) is 1. The van der Waals surface area contributed by atoms with Gasteiger partial charge in [0.2, 0.25) is 5.91 Å². The highest BCUT2D eigenvalue weighted by molar-refractivity contribution is 5.91. The van der Waals surface area contributed by atoms with Crippen LogP contribution in [0, 0.1) is 25.2 Å². The normalized spacial score (nSPS) is 10.8. The van der Waals surface area contributed by atoms with E-state index >= 15 is 0 Å². The van der Waals surface area contributed by atoms with Gasteiger partial charge in [0, 0.05) is 18.4 Å². The van der Waals surface area contributed by atoms with Gasteiger partial charge in [-0.05, 0) is 55.8 Å². The minimum atomic E-state index is -0.598. The fourth-order valence-electron chi connectivity index (χ4n) is 3.74. The summed E-state index contributed by atoms with van der Waals surface area (Å²) < 4.78 is 4.11. The van der Waals surface area contributed by atoms with E-state index in [4.69, 9.17) is 5.26 Å². The lowest BCUT2D eigenvalue weighted by atomic mass is 10.2. The molecule has 2 aromatic carbocycles. The van der Waals surface area contributed by atoms with Gasteiger partial charge in [0.25, 0.3) is 5.56 Å². The highest BCUT2D eigenvalue weighted by Gasteiger charge is 2.20. The molecule has 8 nitrogen and oxygen atoms in total. The van der Waals surface area contributed by atoms with Crippen LogP contribution in [-0.2, 0) is 18.4 Å². The Labute approximate surface area is 183 Å². The lowest BCUT2D eigenvalue weighted by Gasteiger charge is -2.13. The van der Waals surface area contributed by atoms with Gasteiger partial charge in [-0.3, -0.25) is 14.2 Å². The van der Waals surface area contributed by atoms with Crippen molar-refractivity contribution in [2.24, 2.45) is 7.05 Å². The molecule has 2 aromatic heterocycles. The van der Waals surface area contributed by atoms with Gasteiger partial charge in [0.05, 0.1) is 22.8 Å². The van der Waals surface area contributed by atoms with Crippen LogP contribution in [0.4, 0.5) is 5.69 Å². The largest absolute Gasteiger partial charge is 0.342 e. The molecule has 0 saturated carbocycles. The van der Waals surface area contributed by atoms with Crippen LogP contribution in [0.5, 0.6) is 0 Å². The summed E-state index contributed by atoms with van der Waals surface area (Å²) in [5.41, 5.74) is 2.69. The SMILES string of the molecule is Cc1cccc(-n2c(=O)c3c(cc(C)n3C)n(CC(=O)Nc3cccc(C#N)c3)c2=O)c1. The quantitative estimate of drug-likeness (QED) is 0.541. The number of fused-ring (bicyclic) bond motifs is 1. The van der Waals surface area contributed by atoms with Crippen LogP contribution >= 0.6 is 0 Å². The molecule has 0 aliphatic heterocycles. The van der Waals surface area contributed by atoms with Crippen LogP contribution in [-0.4, -0.2) is 19.6 Å². The van der Waals surface area contributed by atoms with Gasteiger partial charge < -0.3 is 9.88 Å². The topological polar surface area (TPSA) is 102 Å². The second-order valence-electron chi connectivity index (χ2n) is 7.67. The molecule has 4 rings (SSSR count). The first kappa shape index (κ1) is 20.9. The summed E-state index contributed by atoms with van der Waals surface area (Å²) in [5, 5.41) is 11.8. The summed E-state index contributed by atoms with van der Waals surface area (Å²) in [6, 6.07) is 17.4. The van der Waals surface area contributed by atoms with Crippen molar-refractivity contribution >= 4 is 22.6 Å². The van der Waals surface area contributed by atoms with E-state index in [9.17, 15) is 14.4 Å². The number of hydrogen-bond acceptors (Lipinski definition) is 4. The average molecular weight is 427 g/mol. The van der Waals surface area contributed by atoms with Crippen LogP contribution in [0.25, 0.3) is 16.7 Å². The van der Waals surface area contributed by atoms with Crippen LogP contribution in [0.15, 0.2) is 64.2 Å². The fourth-order valence-corrected chi connectivity index (χ4v) is 3.74. The maximum absolute atomic E-state index is 13.4. The highest BCUT2D eigenvalue weighted by Crippen LogP contribution is 2.16. The summed E-state index contributed by atoms with van der Waals surface area (Å²) in [5.74, 6) is -0.445. The van der Waals surface area contributed by atoms with Crippen LogP contribution in [0.2, 0.25) is 0 Å². The Morgan fingerprint density at radius 3 is 2.53 bits per heavy atom. The molecule has 8 heteroatoms. The van der Waals surface area contributed by atoms with Crippen molar-refractivity contribution in [3.8, 4) is 11.8 Å². The fraction of sp³-hybridized carbons (Fsp3) is 0.167. The number of amides is 1. The molecule has 0 saturated heterocycles. The van der Waals surface area contributed by atoms with Crippen molar-refractivity contribution in [2.75, 3.05) is 5.32 Å². The first-order valence-corrected chi connectivity index (χ1v) is 9.99. The Morgan fingerprint density at radius 2 is 1.81 bits per heavy atom. The first-order chi connectivity index (χ1) is 15.3. The van der Waals surface area contributed by atoms with Gasteiger partial charge in [-0.2, -0.15) is 5.26 Å². The second kappa shape index (κ2) is 8.04. The molecule has 4 aromatic rings. The molecule has 0 bridgehead atoms. The number of nitrogens with zero attached hydrogens (tertiary/aromatic N) is 4. The third kappa shape index (κ3) is 3.61. The van der Waals surface area contributed by atoms with E-state index in [2.05, 4.69) is 5.32 Å². The molecule has 0 unspecified atom stereocenters. The molecule has 0 fully saturated rings. The number of carbonyl (C=O) groups excluding carboxylic acids is 1. The smallest absolute Gasteiger partial charge is 0.336 e. The van der Waals surface area contributed by atoms with Crippen molar-refractivity contribution in [3.63, 3.8) is 0 Å². The summed E-state index contributed by atoms with van der Waals surface area (Å²) in [4.78, 5) is 39.5. The van der Waals surface area contributed by atoms with Gasteiger partial charge in [0.15, 0.2) is 0 Å². The Kier molecular flexibility index (Phi) is 5.24. The number of benzene rings is 2. The first-order valence-electron chi connectivity index (χ1n) is 9.99. The van der Waals surface area contributed by atoms with E-state index in [0.717, 1.165) is 15.8 Å². The molecule has 0 spiro atoms. The predicted octanol–water partition coefficient (Wildman–Crippen LogP) is 2.62. The van der Waals surface area contributed by atoms with Gasteiger partial charge in [-0.1, -0.05) is 18.2 Å². The van der Waals surface area contributed by atoms with Crippen molar-refractivity contribution < 1.29 is 4.79 Å². The molecule has 0 radical (unpaired) electrons. The standard InChI is InChI=1S/C24H21N5O3/c1-15-6-4-9-19(10-15)29-23(31)22-20(11-16(2)27(22)3)28(24(29)32)14-21(30)26-18-8-5-7-17(12-18)13-25/h4-12H,14H2,1-3H3,(H,26,30). The number of nitriles is 1. The lowest BCUT2D eigenvalue weighted by Crippen LogP contribution is -2.41. The Morgan fingerprint density at radius 1 is 1.06 bits per heavy atom. The molecular weight excluding hydrogens is 406 g/mol. The van der Waals surface area contributed by atoms with Crippen molar-refractivity contribution in [2.45, 2.75) is 20.4 Å². The minimum absolute atomic E-state index is 0.290. The molecular formula is C24H21N5O3. The molecule has 1 N–H and O–H groups in total. The average Bonchev–Trinajstić information content (AvgIpc) is 3.06. The molecule has 32 heavy (non-hydrogen) atoms. The van der Waals surface area contributed by atoms with Gasteiger partial charge in [-0.25, -0.2) is 9.36 Å². The van der Waals surface area contributed by atoms with Gasteiger partial charge >= 0.3 is 5.69 Å². The zero-order valence-electron chi connectivity index (χ0n) is 17.9. The number of aromatic nitrogens is 3. The van der Waals surface area contributed by atoms with Crippen LogP contribution in [0.3, 0.4) is 0 Å². The maximum atomic E-state index is 13.4. The summed E-state index contributed by atoms with van der Waals surface area (Å²) in [6.07, 6.45) is 0. The van der Waals surface area contributed by atoms with E-state index in [1.54, 1.807) is 60.1 Å². The number of anilines is 1. The van der Waals surface area contributed by atoms with E-state index in [1.165, 1.54) is 4.57 Å². The molecule has 0 aliphatic carbocycles. The zero-order valence-corrected chi connectivity index (χ0v) is 17.9. The molecule has 1 amide bonds. The molecule has 160 valence electrons. The minimum Gasteiger partial charge on any atom is -0.342 e. The Bertz CT molecular complexity index is 1530. The summed E-state index contributed by atoms with van der Waals surface area (Å²) in [6.45, 7) is 3.42. The Hall–Kier alpha value is -4.38. The van der Waals surface area contributed by atoms with Gasteiger partial charge in [-0.15, -0.1) is 0 Å². The molecule has 0 atom stereocenters. The van der Waals surface area contributed by atoms with Crippen molar-refractivity contribution in [1.82, 2.24) is 13.7 Å². The van der Waals surface area contributed by atoms with E-state index in [-0.39, 0.29) is 6.54 Å². The lowest BCUT2D eigenvalue weighted by molar-refractivity contribution is -0.116. The highest BCUT2D eigenvalue weighted by atomic mass is 16.2. The number of rotatable bonds is 4. The number of carbonyl (C=O) groups is 1. The summed E-state index contributed by atoms with van der Waals surface area (Å²) >= 11 is 0. The monoisotopic (exact) mass is 427 g/mol. The van der Waals surface area contributed by atoms with Gasteiger partial charge in [0.1, 0.15) is 12.1 Å². The maximum Gasteiger partial charge on any atom is 0.336 e. The van der Waals surface area contributed by atoms with E-state index in [1.807, 2.05) is 26.0 Å². The molecule has 0 aliphatic rings. The van der Waals surface area contributed by atoms with Crippen LogP contribution in [0.1, 0.15) is 16.8 Å². The van der Waals surface area contributed by atoms with Crippen molar-refractivity contribution in [3.05, 3.63) is 92.3 Å². The zero-order chi connectivity index (χ0) is 23.0. The summed E-state index contributed by atoms with van der Waals surface area (Å²) in [7, 11) is 1.75. The third-order valence-corrected chi connectivity index (χ3v) is 5.41. The van der Waals surface area contributed by atoms with E-state index in [0.29, 0.717) is 28.0 Å². The second-order valence-corrected chi connectivity index (χ2v) is 7.67. The third-order valence-electron chi connectivity index (χ3n) is 5.41. The number of aryl methyl sites for hydroxylation is 3. The van der Waals surface area contributed by atoms with E-state index < -0.39 is 17.2 Å². The predicted molar refractivity (Wildman–Crippen MR) is 122 cm³/mol. The number of hydrogen-bond donors (Lipinski definition) is 1. The molecule has 2 heterocycles. The van der Waals surface area contributed by atoms with Crippen LogP contribution < -0.4 is 16.6 Å². The Balaban J connectivity index is 1.86. The van der Waals surface area contributed by atoms with Crippen molar-refractivity contribution in [1.29, 1.82) is 5.26 Å².